The molecule has 0 radical (unpaired) electrons. The minimum Gasteiger partial charge on any atom is -0.388 e. The van der Waals surface area contributed by atoms with Gasteiger partial charge in [0.2, 0.25) is 0 Å². The van der Waals surface area contributed by atoms with E-state index in [0.29, 0.717) is 24.6 Å². The summed E-state index contributed by atoms with van der Waals surface area (Å²) in [4.78, 5) is 2.43. The highest BCUT2D eigenvalue weighted by Crippen LogP contribution is 2.18. The van der Waals surface area contributed by atoms with Gasteiger partial charge < -0.3 is 10.5 Å². The molecule has 0 aromatic rings. The average Bonchev–Trinajstić information content (AvgIpc) is 2.16. The van der Waals surface area contributed by atoms with Gasteiger partial charge in [-0.2, -0.15) is 0 Å². The van der Waals surface area contributed by atoms with Crippen molar-refractivity contribution in [3.8, 4) is 0 Å². The van der Waals surface area contributed by atoms with Gasteiger partial charge in [0.05, 0.1) is 18.5 Å². The molecule has 0 bridgehead atoms. The highest BCUT2D eigenvalue weighted by atomic mass is 16.5. The van der Waals surface area contributed by atoms with Crippen LogP contribution in [-0.2, 0) is 4.74 Å². The summed E-state index contributed by atoms with van der Waals surface area (Å²) >= 11 is 0. The fourth-order valence-electron chi connectivity index (χ4n) is 2.20. The quantitative estimate of drug-likeness (QED) is 0.545. The molecule has 0 amide bonds. The van der Waals surface area contributed by atoms with Crippen LogP contribution in [-0.4, -0.2) is 42.1 Å². The van der Waals surface area contributed by atoms with Gasteiger partial charge in [-0.15, -0.1) is 0 Å². The molecule has 1 fully saturated rings. The van der Waals surface area contributed by atoms with Crippen molar-refractivity contribution >= 4 is 5.84 Å². The lowest BCUT2D eigenvalue weighted by molar-refractivity contribution is -0.0688. The van der Waals surface area contributed by atoms with Crippen molar-refractivity contribution in [3.05, 3.63) is 0 Å². The van der Waals surface area contributed by atoms with Gasteiger partial charge in [-0.25, -0.2) is 0 Å². The molecular weight excluding hydrogens is 190 g/mol. The maximum absolute atomic E-state index is 7.34. The number of morpholine rings is 1. The first-order chi connectivity index (χ1) is 7.04. The van der Waals surface area contributed by atoms with E-state index in [0.717, 1.165) is 19.6 Å². The molecule has 0 aromatic heterocycles. The van der Waals surface area contributed by atoms with Gasteiger partial charge in [0.15, 0.2) is 0 Å². The van der Waals surface area contributed by atoms with Crippen LogP contribution in [0, 0.1) is 5.41 Å². The Morgan fingerprint density at radius 3 is 2.87 bits per heavy atom. The van der Waals surface area contributed by atoms with Gasteiger partial charge in [0.1, 0.15) is 0 Å². The van der Waals surface area contributed by atoms with Crippen molar-refractivity contribution in [2.24, 2.45) is 5.73 Å². The monoisotopic (exact) mass is 213 g/mol. The molecule has 3 unspecified atom stereocenters. The van der Waals surface area contributed by atoms with E-state index in [4.69, 9.17) is 15.9 Å². The topological polar surface area (TPSA) is 62.3 Å². The lowest BCUT2D eigenvalue weighted by atomic mass is 10.1. The molecule has 0 aliphatic carbocycles. The standard InChI is InChI=1S/C11H23N3O/c1-4-10-7-15-9(3)6-14(10)8(2)5-11(12)13/h8-10H,4-7H2,1-3H3,(H3,12,13). The lowest BCUT2D eigenvalue weighted by Crippen LogP contribution is -2.53. The highest BCUT2D eigenvalue weighted by molar-refractivity contribution is 5.77. The van der Waals surface area contributed by atoms with Gasteiger partial charge in [-0.3, -0.25) is 10.3 Å². The first-order valence-corrected chi connectivity index (χ1v) is 5.74. The number of hydrogen-bond acceptors (Lipinski definition) is 3. The van der Waals surface area contributed by atoms with E-state index in [1.165, 1.54) is 0 Å². The van der Waals surface area contributed by atoms with Gasteiger partial charge in [-0.05, 0) is 20.3 Å². The molecule has 4 heteroatoms. The molecular formula is C11H23N3O. The van der Waals surface area contributed by atoms with Crippen molar-refractivity contribution in [2.45, 2.75) is 51.8 Å². The summed E-state index contributed by atoms with van der Waals surface area (Å²) in [7, 11) is 0. The number of ether oxygens (including phenoxy) is 1. The third-order valence-corrected chi connectivity index (χ3v) is 3.06. The number of rotatable bonds is 4. The Bertz CT molecular complexity index is 220. The molecule has 0 saturated carbocycles. The minimum absolute atomic E-state index is 0.275. The highest BCUT2D eigenvalue weighted by Gasteiger charge is 2.29. The molecule has 4 nitrogen and oxygen atoms in total. The van der Waals surface area contributed by atoms with Crippen LogP contribution < -0.4 is 5.73 Å². The average molecular weight is 213 g/mol. The molecule has 1 heterocycles. The molecule has 3 atom stereocenters. The fraction of sp³-hybridized carbons (Fsp3) is 0.909. The Kier molecular flexibility index (Phi) is 4.54. The second kappa shape index (κ2) is 5.47. The van der Waals surface area contributed by atoms with Crippen LogP contribution in [0.3, 0.4) is 0 Å². The fourth-order valence-corrected chi connectivity index (χ4v) is 2.20. The van der Waals surface area contributed by atoms with Crippen molar-refractivity contribution in [2.75, 3.05) is 13.2 Å². The van der Waals surface area contributed by atoms with Crippen molar-refractivity contribution in [1.82, 2.24) is 4.90 Å². The third-order valence-electron chi connectivity index (χ3n) is 3.06. The summed E-state index contributed by atoms with van der Waals surface area (Å²) in [6.07, 6.45) is 2.04. The summed E-state index contributed by atoms with van der Waals surface area (Å²) in [5.74, 6) is 0.275. The third kappa shape index (κ3) is 3.47. The molecule has 0 spiro atoms. The first-order valence-electron chi connectivity index (χ1n) is 5.74. The van der Waals surface area contributed by atoms with Gasteiger partial charge >= 0.3 is 0 Å². The van der Waals surface area contributed by atoms with E-state index >= 15 is 0 Å². The number of hydrogen-bond donors (Lipinski definition) is 2. The van der Waals surface area contributed by atoms with Crippen LogP contribution in [0.25, 0.3) is 0 Å². The van der Waals surface area contributed by atoms with Crippen LogP contribution in [0.15, 0.2) is 0 Å². The first kappa shape index (κ1) is 12.5. The minimum atomic E-state index is 0.275. The van der Waals surface area contributed by atoms with Crippen molar-refractivity contribution in [1.29, 1.82) is 5.41 Å². The van der Waals surface area contributed by atoms with Crippen LogP contribution in [0.2, 0.25) is 0 Å². The van der Waals surface area contributed by atoms with Crippen LogP contribution in [0.4, 0.5) is 0 Å². The molecule has 1 saturated heterocycles. The van der Waals surface area contributed by atoms with Crippen LogP contribution in [0.5, 0.6) is 0 Å². The molecule has 88 valence electrons. The number of amidine groups is 1. The Labute approximate surface area is 92.3 Å². The molecule has 0 aromatic carbocycles. The van der Waals surface area contributed by atoms with E-state index in [-0.39, 0.29) is 5.84 Å². The Balaban J connectivity index is 2.57. The second-order valence-electron chi connectivity index (χ2n) is 4.48. The Morgan fingerprint density at radius 1 is 1.67 bits per heavy atom. The normalized spacial score (nSPS) is 30.1. The summed E-state index contributed by atoms with van der Waals surface area (Å²) in [5, 5.41) is 7.34. The predicted molar refractivity (Wildman–Crippen MR) is 62.2 cm³/mol. The number of nitrogens with zero attached hydrogens (tertiary/aromatic N) is 1. The second-order valence-corrected chi connectivity index (χ2v) is 4.48. The zero-order chi connectivity index (χ0) is 11.4. The summed E-state index contributed by atoms with van der Waals surface area (Å²) < 4.78 is 5.64. The number of nitrogens with two attached hydrogens (primary N) is 1. The van der Waals surface area contributed by atoms with E-state index in [2.05, 4.69) is 25.7 Å². The van der Waals surface area contributed by atoms with Crippen molar-refractivity contribution in [3.63, 3.8) is 0 Å². The maximum atomic E-state index is 7.34. The summed E-state index contributed by atoms with van der Waals surface area (Å²) in [5.41, 5.74) is 5.45. The largest absolute Gasteiger partial charge is 0.388 e. The molecule has 1 aliphatic heterocycles. The van der Waals surface area contributed by atoms with E-state index < -0.39 is 0 Å². The lowest BCUT2D eigenvalue weighted by Gasteiger charge is -2.41. The predicted octanol–water partition coefficient (Wildman–Crippen LogP) is 1.20. The molecule has 15 heavy (non-hydrogen) atoms. The molecule has 1 rings (SSSR count). The Morgan fingerprint density at radius 2 is 2.33 bits per heavy atom. The number of nitrogens with one attached hydrogen (secondary N) is 1. The SMILES string of the molecule is CCC1COC(C)CN1C(C)CC(=N)N. The van der Waals surface area contributed by atoms with E-state index in [1.807, 2.05) is 0 Å². The summed E-state index contributed by atoms with van der Waals surface area (Å²) in [6.45, 7) is 8.17. The Hall–Kier alpha value is -0.610. The van der Waals surface area contributed by atoms with E-state index in [1.54, 1.807) is 0 Å². The molecule has 3 N–H and O–H groups in total. The summed E-state index contributed by atoms with van der Waals surface area (Å²) in [6, 6.07) is 0.828. The van der Waals surface area contributed by atoms with Crippen LogP contribution in [0.1, 0.15) is 33.6 Å². The van der Waals surface area contributed by atoms with Crippen LogP contribution >= 0.6 is 0 Å². The molecule has 1 aliphatic rings. The smallest absolute Gasteiger partial charge is 0.0920 e. The maximum Gasteiger partial charge on any atom is 0.0920 e. The zero-order valence-corrected chi connectivity index (χ0v) is 9.99. The van der Waals surface area contributed by atoms with E-state index in [9.17, 15) is 0 Å². The van der Waals surface area contributed by atoms with Gasteiger partial charge in [0, 0.05) is 25.0 Å². The van der Waals surface area contributed by atoms with Crippen molar-refractivity contribution < 1.29 is 4.74 Å². The zero-order valence-electron chi connectivity index (χ0n) is 9.99. The van der Waals surface area contributed by atoms with Gasteiger partial charge in [0.25, 0.3) is 0 Å². The van der Waals surface area contributed by atoms with Gasteiger partial charge in [-0.1, -0.05) is 6.92 Å².